The van der Waals surface area contributed by atoms with Crippen LogP contribution in [0.15, 0.2) is 42.7 Å². The zero-order chi connectivity index (χ0) is 20.6. The molecule has 4 heterocycles. The average Bonchev–Trinajstić information content (AvgIpc) is 3.11. The van der Waals surface area contributed by atoms with E-state index in [1.165, 1.54) is 0 Å². The Morgan fingerprint density at radius 1 is 1.24 bits per heavy atom. The number of likely N-dealkylation sites (tertiary alicyclic amines) is 1. The van der Waals surface area contributed by atoms with Gasteiger partial charge in [0.1, 0.15) is 5.60 Å². The molecule has 1 saturated heterocycles. The highest BCUT2D eigenvalue weighted by molar-refractivity contribution is 6.33. The second-order valence-corrected chi connectivity index (χ2v) is 8.83. The van der Waals surface area contributed by atoms with Crippen molar-refractivity contribution in [1.82, 2.24) is 19.5 Å². The van der Waals surface area contributed by atoms with E-state index < -0.39 is 5.60 Å². The summed E-state index contributed by atoms with van der Waals surface area (Å²) in [6, 6.07) is 9.75. The molecule has 0 bridgehead atoms. The number of carbonyl (C=O) groups is 1. The van der Waals surface area contributed by atoms with Crippen molar-refractivity contribution in [3.05, 3.63) is 53.4 Å². The topological polar surface area (TPSA) is 59.7 Å². The number of ether oxygens (including phenoxy) is 1. The summed E-state index contributed by atoms with van der Waals surface area (Å²) in [5, 5.41) is 4.99. The van der Waals surface area contributed by atoms with Gasteiger partial charge in [0.25, 0.3) is 0 Å². The van der Waals surface area contributed by atoms with Crippen LogP contribution in [-0.2, 0) is 4.74 Å². The molecule has 29 heavy (non-hydrogen) atoms. The maximum Gasteiger partial charge on any atom is 0.410 e. The number of fused-ring (bicyclic) bond motifs is 1. The van der Waals surface area contributed by atoms with Gasteiger partial charge in [0.05, 0.1) is 22.4 Å². The maximum atomic E-state index is 12.5. The Kier molecular flexibility index (Phi) is 5.21. The van der Waals surface area contributed by atoms with E-state index >= 15 is 0 Å². The summed E-state index contributed by atoms with van der Waals surface area (Å²) in [5.41, 5.74) is 3.02. The standard InChI is InChI=1S/C22H25ClN4O2/c1-22(2,3)29-21(28)26-11-6-7-15(14-26)18-10-9-17(23)20(25-18)16-13-24-27-12-5-4-8-19(16)27/h4-5,8-10,12-13,15H,6-7,11,14H2,1-3H3. The van der Waals surface area contributed by atoms with Crippen molar-refractivity contribution in [1.29, 1.82) is 0 Å². The highest BCUT2D eigenvalue weighted by atomic mass is 35.5. The largest absolute Gasteiger partial charge is 0.444 e. The number of nitrogens with zero attached hydrogens (tertiary/aromatic N) is 4. The van der Waals surface area contributed by atoms with Crippen LogP contribution in [0.3, 0.4) is 0 Å². The highest BCUT2D eigenvalue weighted by Crippen LogP contribution is 2.33. The van der Waals surface area contributed by atoms with Crippen LogP contribution >= 0.6 is 11.6 Å². The Labute approximate surface area is 175 Å². The molecule has 1 aliphatic heterocycles. The second kappa shape index (κ2) is 7.67. The van der Waals surface area contributed by atoms with Gasteiger partial charge in [0, 0.05) is 36.5 Å². The molecule has 0 N–H and O–H groups in total. The number of carbonyl (C=O) groups excluding carboxylic acids is 1. The first-order valence-corrected chi connectivity index (χ1v) is 10.3. The van der Waals surface area contributed by atoms with Gasteiger partial charge in [-0.3, -0.25) is 4.98 Å². The number of hydrogen-bond acceptors (Lipinski definition) is 4. The lowest BCUT2D eigenvalue weighted by Gasteiger charge is -2.34. The van der Waals surface area contributed by atoms with Crippen molar-refractivity contribution in [2.24, 2.45) is 0 Å². The summed E-state index contributed by atoms with van der Waals surface area (Å²) < 4.78 is 7.36. The molecule has 0 aliphatic carbocycles. The Balaban J connectivity index is 1.61. The quantitative estimate of drug-likeness (QED) is 0.583. The van der Waals surface area contributed by atoms with Crippen LogP contribution in [0.25, 0.3) is 16.8 Å². The Morgan fingerprint density at radius 2 is 2.07 bits per heavy atom. The van der Waals surface area contributed by atoms with Gasteiger partial charge in [-0.25, -0.2) is 9.31 Å². The van der Waals surface area contributed by atoms with Crippen LogP contribution in [-0.4, -0.2) is 44.3 Å². The molecular formula is C22H25ClN4O2. The van der Waals surface area contributed by atoms with Crippen LogP contribution in [0.4, 0.5) is 4.79 Å². The molecule has 0 radical (unpaired) electrons. The summed E-state index contributed by atoms with van der Waals surface area (Å²) >= 11 is 6.49. The van der Waals surface area contributed by atoms with Gasteiger partial charge >= 0.3 is 6.09 Å². The predicted molar refractivity (Wildman–Crippen MR) is 113 cm³/mol. The first-order chi connectivity index (χ1) is 13.8. The van der Waals surface area contributed by atoms with E-state index in [1.54, 1.807) is 11.1 Å². The summed E-state index contributed by atoms with van der Waals surface area (Å²) in [7, 11) is 0. The van der Waals surface area contributed by atoms with Crippen molar-refractivity contribution in [3.8, 4) is 11.3 Å². The van der Waals surface area contributed by atoms with E-state index in [-0.39, 0.29) is 12.0 Å². The van der Waals surface area contributed by atoms with E-state index in [9.17, 15) is 4.79 Å². The van der Waals surface area contributed by atoms with Crippen molar-refractivity contribution >= 4 is 23.2 Å². The van der Waals surface area contributed by atoms with E-state index in [0.717, 1.165) is 35.3 Å². The first-order valence-electron chi connectivity index (χ1n) is 9.89. The monoisotopic (exact) mass is 412 g/mol. The smallest absolute Gasteiger partial charge is 0.410 e. The summed E-state index contributed by atoms with van der Waals surface area (Å²) in [6.45, 7) is 6.96. The first kappa shape index (κ1) is 19.7. The maximum absolute atomic E-state index is 12.5. The molecule has 1 unspecified atom stereocenters. The van der Waals surface area contributed by atoms with E-state index in [2.05, 4.69) is 5.10 Å². The number of rotatable bonds is 2. The number of halogens is 1. The highest BCUT2D eigenvalue weighted by Gasteiger charge is 2.29. The van der Waals surface area contributed by atoms with Gasteiger partial charge in [0.2, 0.25) is 0 Å². The Morgan fingerprint density at radius 3 is 2.86 bits per heavy atom. The molecule has 4 rings (SSSR count). The molecule has 3 aromatic rings. The van der Waals surface area contributed by atoms with Gasteiger partial charge < -0.3 is 9.64 Å². The Bertz CT molecular complexity index is 1040. The van der Waals surface area contributed by atoms with Crippen LogP contribution in [0.5, 0.6) is 0 Å². The lowest BCUT2D eigenvalue weighted by Crippen LogP contribution is -2.42. The van der Waals surface area contributed by atoms with Crippen molar-refractivity contribution < 1.29 is 9.53 Å². The van der Waals surface area contributed by atoms with E-state index in [0.29, 0.717) is 18.1 Å². The fourth-order valence-electron chi connectivity index (χ4n) is 3.70. The number of hydrogen-bond donors (Lipinski definition) is 0. The third-order valence-corrected chi connectivity index (χ3v) is 5.35. The molecule has 152 valence electrons. The van der Waals surface area contributed by atoms with Gasteiger partial charge in [-0.1, -0.05) is 17.7 Å². The molecule has 1 amide bonds. The third-order valence-electron chi connectivity index (χ3n) is 5.04. The predicted octanol–water partition coefficient (Wildman–Crippen LogP) is 5.16. The van der Waals surface area contributed by atoms with Crippen molar-refractivity contribution in [2.45, 2.75) is 45.1 Å². The molecule has 1 fully saturated rings. The molecule has 3 aromatic heterocycles. The second-order valence-electron chi connectivity index (χ2n) is 8.42. The minimum Gasteiger partial charge on any atom is -0.444 e. The van der Waals surface area contributed by atoms with Crippen molar-refractivity contribution in [2.75, 3.05) is 13.1 Å². The molecule has 1 aliphatic rings. The third kappa shape index (κ3) is 4.22. The zero-order valence-electron chi connectivity index (χ0n) is 16.9. The molecule has 6 nitrogen and oxygen atoms in total. The number of pyridine rings is 2. The Hall–Kier alpha value is -2.60. The molecular weight excluding hydrogens is 388 g/mol. The van der Waals surface area contributed by atoms with Gasteiger partial charge in [0.15, 0.2) is 0 Å². The summed E-state index contributed by atoms with van der Waals surface area (Å²) in [4.78, 5) is 19.2. The minimum absolute atomic E-state index is 0.147. The fourth-order valence-corrected chi connectivity index (χ4v) is 3.91. The number of piperidine rings is 1. The van der Waals surface area contributed by atoms with E-state index in [4.69, 9.17) is 21.3 Å². The van der Waals surface area contributed by atoms with Crippen LogP contribution in [0.1, 0.15) is 45.2 Å². The fraction of sp³-hybridized carbons (Fsp3) is 0.409. The van der Waals surface area contributed by atoms with Gasteiger partial charge in [-0.05, 0) is 57.9 Å². The molecule has 0 saturated carbocycles. The normalized spacial score (nSPS) is 17.5. The van der Waals surface area contributed by atoms with Gasteiger partial charge in [-0.2, -0.15) is 5.10 Å². The van der Waals surface area contributed by atoms with Crippen LogP contribution in [0.2, 0.25) is 5.02 Å². The summed E-state index contributed by atoms with van der Waals surface area (Å²) in [6.07, 6.45) is 5.32. The lowest BCUT2D eigenvalue weighted by atomic mass is 9.94. The van der Waals surface area contributed by atoms with Gasteiger partial charge in [-0.15, -0.1) is 0 Å². The molecule has 1 atom stereocenters. The number of amides is 1. The van der Waals surface area contributed by atoms with Crippen LogP contribution < -0.4 is 0 Å². The average molecular weight is 413 g/mol. The molecule has 0 aromatic carbocycles. The number of aromatic nitrogens is 3. The van der Waals surface area contributed by atoms with Crippen LogP contribution in [0, 0.1) is 0 Å². The molecule has 0 spiro atoms. The molecule has 7 heteroatoms. The SMILES string of the molecule is CC(C)(C)OC(=O)N1CCCC(c2ccc(Cl)c(-c3cnn4ccccc34)n2)C1. The lowest BCUT2D eigenvalue weighted by molar-refractivity contribution is 0.0197. The zero-order valence-corrected chi connectivity index (χ0v) is 17.7. The van der Waals surface area contributed by atoms with E-state index in [1.807, 2.05) is 61.8 Å². The minimum atomic E-state index is -0.501. The van der Waals surface area contributed by atoms with Crippen molar-refractivity contribution in [3.63, 3.8) is 0 Å². The summed E-state index contributed by atoms with van der Waals surface area (Å²) in [5.74, 6) is 0.147.